The maximum Gasteiger partial charge on any atom is 0.0471 e. The Bertz CT molecular complexity index is 297. The molecule has 1 rings (SSSR count). The lowest BCUT2D eigenvalue weighted by Crippen LogP contribution is -2.00. The van der Waals surface area contributed by atoms with Gasteiger partial charge in [0.2, 0.25) is 0 Å². The third-order valence-electron chi connectivity index (χ3n) is 1.50. The van der Waals surface area contributed by atoms with Crippen LogP contribution in [0.5, 0.6) is 0 Å². The van der Waals surface area contributed by atoms with Crippen molar-refractivity contribution in [3.8, 4) is 12.3 Å². The zero-order chi connectivity index (χ0) is 8.27. The summed E-state index contributed by atoms with van der Waals surface area (Å²) < 4.78 is 0. The average Bonchev–Trinajstić information content (AvgIpc) is 2.04. The minimum atomic E-state index is 0.475. The molecule has 0 fully saturated rings. The van der Waals surface area contributed by atoms with Crippen LogP contribution in [-0.2, 0) is 6.54 Å². The smallest absolute Gasteiger partial charge is 0.0471 e. The molecule has 11 heavy (non-hydrogen) atoms. The van der Waals surface area contributed by atoms with E-state index in [9.17, 15) is 0 Å². The van der Waals surface area contributed by atoms with Gasteiger partial charge >= 0.3 is 0 Å². The molecule has 0 spiro atoms. The summed E-state index contributed by atoms with van der Waals surface area (Å²) in [5.41, 5.74) is 8.20. The summed E-state index contributed by atoms with van der Waals surface area (Å²) in [5, 5.41) is 0. The lowest BCUT2D eigenvalue weighted by atomic mass is 10.1. The Morgan fingerprint density at radius 1 is 1.73 bits per heavy atom. The number of rotatable bonds is 1. The highest BCUT2D eigenvalue weighted by molar-refractivity contribution is 5.38. The molecule has 0 radical (unpaired) electrons. The molecule has 2 nitrogen and oxygen atoms in total. The van der Waals surface area contributed by atoms with E-state index in [-0.39, 0.29) is 0 Å². The molecule has 0 aliphatic rings. The van der Waals surface area contributed by atoms with E-state index in [1.807, 2.05) is 13.0 Å². The van der Waals surface area contributed by atoms with E-state index in [4.69, 9.17) is 12.2 Å². The fourth-order valence-electron chi connectivity index (χ4n) is 0.915. The monoisotopic (exact) mass is 146 g/mol. The summed E-state index contributed by atoms with van der Waals surface area (Å²) in [5.74, 6) is 2.53. The normalized spacial score (nSPS) is 9.18. The van der Waals surface area contributed by atoms with Crippen LogP contribution in [0.4, 0.5) is 0 Å². The van der Waals surface area contributed by atoms with Gasteiger partial charge < -0.3 is 5.73 Å². The van der Waals surface area contributed by atoms with Crippen LogP contribution in [0.3, 0.4) is 0 Å². The van der Waals surface area contributed by atoms with Gasteiger partial charge in [0, 0.05) is 24.0 Å². The third kappa shape index (κ3) is 1.57. The van der Waals surface area contributed by atoms with Gasteiger partial charge in [-0.15, -0.1) is 6.42 Å². The second-order valence-electron chi connectivity index (χ2n) is 2.33. The zero-order valence-electron chi connectivity index (χ0n) is 6.46. The number of terminal acetylenes is 1. The number of hydrogen-bond acceptors (Lipinski definition) is 2. The predicted molar refractivity (Wildman–Crippen MR) is 44.8 cm³/mol. The van der Waals surface area contributed by atoms with Crippen molar-refractivity contribution in [3.05, 3.63) is 29.1 Å². The van der Waals surface area contributed by atoms with Crippen molar-refractivity contribution >= 4 is 0 Å². The highest BCUT2D eigenvalue weighted by atomic mass is 14.7. The van der Waals surface area contributed by atoms with Crippen LogP contribution in [0.25, 0.3) is 0 Å². The Morgan fingerprint density at radius 2 is 2.45 bits per heavy atom. The van der Waals surface area contributed by atoms with Crippen LogP contribution in [-0.4, -0.2) is 4.98 Å². The molecule has 0 atom stereocenters. The molecule has 0 saturated heterocycles. The number of nitrogens with two attached hydrogens (primary N) is 1. The van der Waals surface area contributed by atoms with Crippen LogP contribution < -0.4 is 5.73 Å². The topological polar surface area (TPSA) is 38.9 Å². The van der Waals surface area contributed by atoms with Crippen molar-refractivity contribution in [1.82, 2.24) is 4.98 Å². The Labute approximate surface area is 66.4 Å². The quantitative estimate of drug-likeness (QED) is 0.596. The molecule has 0 amide bonds. The van der Waals surface area contributed by atoms with Crippen LogP contribution in [0.15, 0.2) is 12.3 Å². The number of nitrogens with zero attached hydrogens (tertiary/aromatic N) is 1. The number of aryl methyl sites for hydroxylation is 1. The molecule has 0 unspecified atom stereocenters. The predicted octanol–water partition coefficient (Wildman–Crippen LogP) is 0.830. The SMILES string of the molecule is C#Cc1cnc(C)cc1CN. The molecule has 1 aromatic heterocycles. The molecule has 2 N–H and O–H groups in total. The van der Waals surface area contributed by atoms with E-state index in [0.29, 0.717) is 6.54 Å². The van der Waals surface area contributed by atoms with Gasteiger partial charge in [-0.1, -0.05) is 5.92 Å². The van der Waals surface area contributed by atoms with Gasteiger partial charge in [-0.3, -0.25) is 4.98 Å². The van der Waals surface area contributed by atoms with E-state index in [1.165, 1.54) is 0 Å². The summed E-state index contributed by atoms with van der Waals surface area (Å²) in [6, 6.07) is 1.91. The van der Waals surface area contributed by atoms with E-state index in [1.54, 1.807) is 6.20 Å². The van der Waals surface area contributed by atoms with Crippen LogP contribution in [0.1, 0.15) is 16.8 Å². The highest BCUT2D eigenvalue weighted by Gasteiger charge is 1.97. The van der Waals surface area contributed by atoms with Gasteiger partial charge in [-0.2, -0.15) is 0 Å². The van der Waals surface area contributed by atoms with Gasteiger partial charge in [0.15, 0.2) is 0 Å². The Kier molecular flexibility index (Phi) is 2.25. The first-order valence-electron chi connectivity index (χ1n) is 3.40. The average molecular weight is 146 g/mol. The van der Waals surface area contributed by atoms with Gasteiger partial charge in [0.1, 0.15) is 0 Å². The summed E-state index contributed by atoms with van der Waals surface area (Å²) in [7, 11) is 0. The standard InChI is InChI=1S/C9H10N2/c1-3-8-6-11-7(2)4-9(8)5-10/h1,4,6H,5,10H2,2H3. The molecule has 0 saturated carbocycles. The Hall–Kier alpha value is -1.33. The molecular weight excluding hydrogens is 136 g/mol. The van der Waals surface area contributed by atoms with Crippen LogP contribution >= 0.6 is 0 Å². The Balaban J connectivity index is 3.19. The lowest BCUT2D eigenvalue weighted by molar-refractivity contribution is 1.03. The van der Waals surface area contributed by atoms with Gasteiger partial charge in [-0.25, -0.2) is 0 Å². The summed E-state index contributed by atoms with van der Waals surface area (Å²) >= 11 is 0. The Morgan fingerprint density at radius 3 is 3.00 bits per heavy atom. The maximum absolute atomic E-state index is 5.47. The van der Waals surface area contributed by atoms with Crippen molar-refractivity contribution in [2.45, 2.75) is 13.5 Å². The summed E-state index contributed by atoms with van der Waals surface area (Å²) in [4.78, 5) is 4.06. The summed E-state index contributed by atoms with van der Waals surface area (Å²) in [6.07, 6.45) is 6.91. The van der Waals surface area contributed by atoms with E-state index in [0.717, 1.165) is 16.8 Å². The molecule has 0 bridgehead atoms. The van der Waals surface area contributed by atoms with Crippen molar-refractivity contribution in [2.24, 2.45) is 5.73 Å². The molecule has 1 heterocycles. The third-order valence-corrected chi connectivity index (χ3v) is 1.50. The lowest BCUT2D eigenvalue weighted by Gasteiger charge is -2.00. The maximum atomic E-state index is 5.47. The molecule has 56 valence electrons. The van der Waals surface area contributed by atoms with Gasteiger partial charge in [0.25, 0.3) is 0 Å². The van der Waals surface area contributed by atoms with Gasteiger partial charge in [0.05, 0.1) is 0 Å². The number of hydrogen-bond donors (Lipinski definition) is 1. The first kappa shape index (κ1) is 7.77. The van der Waals surface area contributed by atoms with E-state index < -0.39 is 0 Å². The fourth-order valence-corrected chi connectivity index (χ4v) is 0.915. The first-order chi connectivity index (χ1) is 5.27. The van der Waals surface area contributed by atoms with Gasteiger partial charge in [-0.05, 0) is 18.6 Å². The van der Waals surface area contributed by atoms with Crippen molar-refractivity contribution in [2.75, 3.05) is 0 Å². The van der Waals surface area contributed by atoms with Crippen molar-refractivity contribution in [3.63, 3.8) is 0 Å². The first-order valence-corrected chi connectivity index (χ1v) is 3.40. The second kappa shape index (κ2) is 3.18. The number of aromatic nitrogens is 1. The summed E-state index contributed by atoms with van der Waals surface area (Å²) in [6.45, 7) is 2.39. The minimum absolute atomic E-state index is 0.475. The second-order valence-corrected chi connectivity index (χ2v) is 2.33. The molecule has 0 aliphatic carbocycles. The molecular formula is C9H10N2. The number of pyridine rings is 1. The van der Waals surface area contributed by atoms with Crippen molar-refractivity contribution in [1.29, 1.82) is 0 Å². The van der Waals surface area contributed by atoms with Crippen LogP contribution in [0.2, 0.25) is 0 Å². The molecule has 0 aromatic carbocycles. The minimum Gasteiger partial charge on any atom is -0.326 e. The molecule has 1 aromatic rings. The van der Waals surface area contributed by atoms with Crippen molar-refractivity contribution < 1.29 is 0 Å². The van der Waals surface area contributed by atoms with E-state index in [2.05, 4.69) is 10.9 Å². The fraction of sp³-hybridized carbons (Fsp3) is 0.222. The largest absolute Gasteiger partial charge is 0.326 e. The zero-order valence-corrected chi connectivity index (χ0v) is 6.46. The molecule has 2 heteroatoms. The van der Waals surface area contributed by atoms with E-state index >= 15 is 0 Å². The molecule has 0 aliphatic heterocycles. The van der Waals surface area contributed by atoms with Crippen LogP contribution in [0, 0.1) is 19.3 Å². The highest BCUT2D eigenvalue weighted by Crippen LogP contribution is 2.06.